The Labute approximate surface area is 126 Å². The lowest BCUT2D eigenvalue weighted by molar-refractivity contribution is -0.156. The van der Waals surface area contributed by atoms with Crippen LogP contribution in [-0.2, 0) is 14.3 Å². The second-order valence-corrected chi connectivity index (χ2v) is 6.70. The molecule has 2 aliphatic heterocycles. The number of nitrogens with zero attached hydrogens (tertiary/aromatic N) is 1. The molecule has 5 heteroatoms. The maximum absolute atomic E-state index is 12.7. The zero-order valence-corrected chi connectivity index (χ0v) is 13.5. The average molecular weight is 297 g/mol. The van der Waals surface area contributed by atoms with Gasteiger partial charge < -0.3 is 14.7 Å². The number of hydrogen-bond acceptors (Lipinski definition) is 3. The summed E-state index contributed by atoms with van der Waals surface area (Å²) in [5, 5.41) is 9.42. The summed E-state index contributed by atoms with van der Waals surface area (Å²) in [4.78, 5) is 26.0. The van der Waals surface area contributed by atoms with E-state index in [4.69, 9.17) is 4.74 Å². The lowest BCUT2D eigenvalue weighted by Gasteiger charge is -2.39. The Kier molecular flexibility index (Phi) is 4.61. The molecule has 5 nitrogen and oxygen atoms in total. The first-order valence-electron chi connectivity index (χ1n) is 8.00. The topological polar surface area (TPSA) is 66.8 Å². The van der Waals surface area contributed by atoms with Crippen LogP contribution < -0.4 is 0 Å². The highest BCUT2D eigenvalue weighted by Gasteiger charge is 2.46. The molecular weight excluding hydrogens is 270 g/mol. The van der Waals surface area contributed by atoms with Gasteiger partial charge in [-0.2, -0.15) is 0 Å². The molecule has 0 bridgehead atoms. The number of carbonyl (C=O) groups excluding carboxylic acids is 1. The molecule has 2 aliphatic rings. The fraction of sp³-hybridized carbons (Fsp3) is 0.875. The third-order valence-corrected chi connectivity index (χ3v) is 5.69. The third kappa shape index (κ3) is 2.80. The quantitative estimate of drug-likeness (QED) is 0.866. The summed E-state index contributed by atoms with van der Waals surface area (Å²) in [6.07, 6.45) is 1.78. The Balaban J connectivity index is 2.02. The molecule has 1 amide bonds. The van der Waals surface area contributed by atoms with E-state index in [-0.39, 0.29) is 30.0 Å². The van der Waals surface area contributed by atoms with E-state index in [9.17, 15) is 14.7 Å². The molecule has 0 radical (unpaired) electrons. The Hall–Kier alpha value is -1.10. The van der Waals surface area contributed by atoms with E-state index in [1.807, 2.05) is 25.7 Å². The molecule has 2 fully saturated rings. The van der Waals surface area contributed by atoms with Gasteiger partial charge in [-0.05, 0) is 39.0 Å². The lowest BCUT2D eigenvalue weighted by Crippen LogP contribution is -2.49. The van der Waals surface area contributed by atoms with Gasteiger partial charge in [-0.25, -0.2) is 0 Å². The van der Waals surface area contributed by atoms with Gasteiger partial charge in [0.25, 0.3) is 0 Å². The van der Waals surface area contributed by atoms with Gasteiger partial charge in [0.15, 0.2) is 0 Å². The van der Waals surface area contributed by atoms with Crippen LogP contribution in [0.1, 0.15) is 47.0 Å². The fourth-order valence-electron chi connectivity index (χ4n) is 3.78. The average Bonchev–Trinajstić information content (AvgIpc) is 2.71. The Morgan fingerprint density at radius 2 is 1.76 bits per heavy atom. The summed E-state index contributed by atoms with van der Waals surface area (Å²) >= 11 is 0. The first kappa shape index (κ1) is 16.3. The van der Waals surface area contributed by atoms with Crippen LogP contribution in [-0.4, -0.2) is 47.2 Å². The van der Waals surface area contributed by atoms with E-state index in [1.54, 1.807) is 0 Å². The summed E-state index contributed by atoms with van der Waals surface area (Å²) < 4.78 is 5.76. The van der Waals surface area contributed by atoms with Crippen LogP contribution in [0, 0.1) is 17.3 Å². The Morgan fingerprint density at radius 3 is 2.14 bits per heavy atom. The van der Waals surface area contributed by atoms with Crippen LogP contribution in [0.5, 0.6) is 0 Å². The van der Waals surface area contributed by atoms with Gasteiger partial charge in [0, 0.05) is 13.1 Å². The van der Waals surface area contributed by atoms with Crippen molar-refractivity contribution in [1.82, 2.24) is 4.90 Å². The second-order valence-electron chi connectivity index (χ2n) is 6.70. The van der Waals surface area contributed by atoms with Gasteiger partial charge in [-0.1, -0.05) is 13.8 Å². The number of hydrogen-bond donors (Lipinski definition) is 1. The smallest absolute Gasteiger partial charge is 0.309 e. The van der Waals surface area contributed by atoms with E-state index in [1.165, 1.54) is 0 Å². The minimum absolute atomic E-state index is 0.0557. The third-order valence-electron chi connectivity index (χ3n) is 5.69. The molecule has 2 saturated heterocycles. The molecule has 0 aromatic carbocycles. The Bertz CT molecular complexity index is 415. The zero-order valence-electron chi connectivity index (χ0n) is 13.5. The summed E-state index contributed by atoms with van der Waals surface area (Å²) in [6.45, 7) is 9.04. The van der Waals surface area contributed by atoms with Crippen LogP contribution in [0.25, 0.3) is 0 Å². The van der Waals surface area contributed by atoms with E-state index in [0.29, 0.717) is 32.4 Å². The van der Waals surface area contributed by atoms with Crippen molar-refractivity contribution < 1.29 is 19.4 Å². The SMILES string of the molecule is CCC1(C(=O)O)CCN(C(=O)C2C(C)OC(C)C2C)CC1. The van der Waals surface area contributed by atoms with Crippen molar-refractivity contribution in [3.05, 3.63) is 0 Å². The molecule has 2 heterocycles. The number of ether oxygens (including phenoxy) is 1. The number of rotatable bonds is 3. The molecule has 0 aromatic heterocycles. The molecule has 0 spiro atoms. The molecular formula is C16H27NO4. The first-order valence-corrected chi connectivity index (χ1v) is 8.00. The summed E-state index contributed by atoms with van der Waals surface area (Å²) in [7, 11) is 0. The van der Waals surface area contributed by atoms with Gasteiger partial charge >= 0.3 is 5.97 Å². The molecule has 0 aliphatic carbocycles. The minimum Gasteiger partial charge on any atom is -0.481 e. The highest BCUT2D eigenvalue weighted by molar-refractivity contribution is 5.81. The summed E-state index contributed by atoms with van der Waals surface area (Å²) in [5.74, 6) is -0.477. The van der Waals surface area contributed by atoms with Crippen molar-refractivity contribution in [3.63, 3.8) is 0 Å². The summed E-state index contributed by atoms with van der Waals surface area (Å²) in [5.41, 5.74) is -0.645. The number of aliphatic carboxylic acids is 1. The monoisotopic (exact) mass is 297 g/mol. The lowest BCUT2D eigenvalue weighted by atomic mass is 9.76. The Morgan fingerprint density at radius 1 is 1.19 bits per heavy atom. The van der Waals surface area contributed by atoms with E-state index >= 15 is 0 Å². The molecule has 4 unspecified atom stereocenters. The van der Waals surface area contributed by atoms with E-state index in [0.717, 1.165) is 0 Å². The molecule has 120 valence electrons. The minimum atomic E-state index is -0.725. The first-order chi connectivity index (χ1) is 9.82. The van der Waals surface area contributed by atoms with Crippen molar-refractivity contribution in [2.45, 2.75) is 59.2 Å². The van der Waals surface area contributed by atoms with Crippen molar-refractivity contribution in [3.8, 4) is 0 Å². The highest BCUT2D eigenvalue weighted by Crippen LogP contribution is 2.38. The maximum atomic E-state index is 12.7. The van der Waals surface area contributed by atoms with Crippen LogP contribution in [0.15, 0.2) is 0 Å². The molecule has 4 atom stereocenters. The van der Waals surface area contributed by atoms with Crippen LogP contribution >= 0.6 is 0 Å². The van der Waals surface area contributed by atoms with Crippen molar-refractivity contribution in [2.75, 3.05) is 13.1 Å². The van der Waals surface area contributed by atoms with Gasteiger partial charge in [-0.3, -0.25) is 9.59 Å². The molecule has 1 N–H and O–H groups in total. The normalized spacial score (nSPS) is 35.7. The predicted octanol–water partition coefficient (Wildman–Crippen LogP) is 2.15. The second kappa shape index (κ2) is 5.95. The highest BCUT2D eigenvalue weighted by atomic mass is 16.5. The van der Waals surface area contributed by atoms with Crippen molar-refractivity contribution >= 4 is 11.9 Å². The summed E-state index contributed by atoms with van der Waals surface area (Å²) in [6, 6.07) is 0. The van der Waals surface area contributed by atoms with Gasteiger partial charge in [0.1, 0.15) is 0 Å². The molecule has 21 heavy (non-hydrogen) atoms. The standard InChI is InChI=1S/C16H27NO4/c1-5-16(15(19)20)6-8-17(9-7-16)14(18)13-10(2)11(3)21-12(13)4/h10-13H,5-9H2,1-4H3,(H,19,20). The van der Waals surface area contributed by atoms with Crippen LogP contribution in [0.2, 0.25) is 0 Å². The number of carboxylic acids is 1. The number of carbonyl (C=O) groups is 2. The number of amides is 1. The van der Waals surface area contributed by atoms with Gasteiger partial charge in [0.05, 0.1) is 23.5 Å². The number of likely N-dealkylation sites (tertiary alicyclic amines) is 1. The van der Waals surface area contributed by atoms with Gasteiger partial charge in [0.2, 0.25) is 5.91 Å². The van der Waals surface area contributed by atoms with Crippen molar-refractivity contribution in [1.29, 1.82) is 0 Å². The predicted molar refractivity (Wildman–Crippen MR) is 78.8 cm³/mol. The van der Waals surface area contributed by atoms with Crippen LogP contribution in [0.3, 0.4) is 0 Å². The van der Waals surface area contributed by atoms with Gasteiger partial charge in [-0.15, -0.1) is 0 Å². The van der Waals surface area contributed by atoms with Crippen molar-refractivity contribution in [2.24, 2.45) is 17.3 Å². The number of carboxylic acid groups (broad SMARTS) is 1. The zero-order chi connectivity index (χ0) is 15.8. The maximum Gasteiger partial charge on any atom is 0.309 e. The molecule has 0 aromatic rings. The largest absolute Gasteiger partial charge is 0.481 e. The van der Waals surface area contributed by atoms with Crippen LogP contribution in [0.4, 0.5) is 0 Å². The molecule has 2 rings (SSSR count). The fourth-order valence-corrected chi connectivity index (χ4v) is 3.78. The molecule has 0 saturated carbocycles. The van der Waals surface area contributed by atoms with E-state index < -0.39 is 11.4 Å². The van der Waals surface area contributed by atoms with E-state index in [2.05, 4.69) is 6.92 Å². The number of piperidine rings is 1.